The van der Waals surface area contributed by atoms with Crippen molar-refractivity contribution >= 4 is 17.3 Å². The van der Waals surface area contributed by atoms with Gasteiger partial charge in [-0.25, -0.2) is 0 Å². The minimum absolute atomic E-state index is 0.0937. The molecular formula is C17H28N2O2. The van der Waals surface area contributed by atoms with Crippen LogP contribution >= 0.6 is 0 Å². The molecule has 0 spiro atoms. The molecule has 0 aromatic heterocycles. The number of ether oxygens (including phenoxy) is 1. The maximum Gasteiger partial charge on any atom is 0.250 e. The third-order valence-electron chi connectivity index (χ3n) is 3.69. The Morgan fingerprint density at radius 1 is 1.38 bits per heavy atom. The summed E-state index contributed by atoms with van der Waals surface area (Å²) in [4.78, 5) is 11.8. The summed E-state index contributed by atoms with van der Waals surface area (Å²) in [6, 6.07) is 5.51. The van der Waals surface area contributed by atoms with Gasteiger partial charge in [-0.05, 0) is 37.0 Å². The lowest BCUT2D eigenvalue weighted by Crippen LogP contribution is -2.20. The van der Waals surface area contributed by atoms with E-state index in [0.29, 0.717) is 23.9 Å². The molecule has 0 fully saturated rings. The fourth-order valence-electron chi connectivity index (χ4n) is 2.13. The van der Waals surface area contributed by atoms with Crippen LogP contribution in [0.1, 0.15) is 45.1 Å². The molecule has 4 heteroatoms. The molecule has 1 unspecified atom stereocenters. The number of nitrogen functional groups attached to an aromatic ring is 1. The Bertz CT molecular complexity index is 446. The molecule has 1 atom stereocenters. The Morgan fingerprint density at radius 2 is 2.14 bits per heavy atom. The monoisotopic (exact) mass is 292 g/mol. The number of rotatable bonds is 9. The number of benzene rings is 1. The highest BCUT2D eigenvalue weighted by molar-refractivity contribution is 5.92. The van der Waals surface area contributed by atoms with Gasteiger partial charge in [0.25, 0.3) is 0 Å². The van der Waals surface area contributed by atoms with E-state index in [0.717, 1.165) is 12.0 Å². The van der Waals surface area contributed by atoms with E-state index in [1.165, 1.54) is 19.3 Å². The van der Waals surface area contributed by atoms with Crippen LogP contribution in [0.25, 0.3) is 0 Å². The second-order valence-electron chi connectivity index (χ2n) is 5.55. The van der Waals surface area contributed by atoms with Crippen molar-refractivity contribution in [1.82, 2.24) is 0 Å². The van der Waals surface area contributed by atoms with Gasteiger partial charge >= 0.3 is 0 Å². The van der Waals surface area contributed by atoms with Gasteiger partial charge < -0.3 is 15.8 Å². The molecule has 0 aliphatic rings. The summed E-state index contributed by atoms with van der Waals surface area (Å²) in [7, 11) is 0. The second-order valence-corrected chi connectivity index (χ2v) is 5.55. The van der Waals surface area contributed by atoms with Crippen molar-refractivity contribution in [1.29, 1.82) is 0 Å². The number of unbranched alkanes of at least 4 members (excludes halogenated alkanes) is 1. The highest BCUT2D eigenvalue weighted by atomic mass is 16.5. The molecule has 0 heterocycles. The molecule has 1 aromatic carbocycles. The summed E-state index contributed by atoms with van der Waals surface area (Å²) >= 11 is 0. The molecule has 1 aromatic rings. The highest BCUT2D eigenvalue weighted by Crippen LogP contribution is 2.17. The Balaban J connectivity index is 2.31. The summed E-state index contributed by atoms with van der Waals surface area (Å²) in [5.74, 6) is 0.413. The number of carbonyl (C=O) groups excluding carboxylic acids is 1. The number of hydrogen-bond donors (Lipinski definition) is 2. The number of anilines is 2. The van der Waals surface area contributed by atoms with Gasteiger partial charge in [0, 0.05) is 11.4 Å². The largest absolute Gasteiger partial charge is 0.398 e. The zero-order valence-electron chi connectivity index (χ0n) is 13.4. The van der Waals surface area contributed by atoms with Crippen molar-refractivity contribution in [3.63, 3.8) is 0 Å². The fraction of sp³-hybridized carbons (Fsp3) is 0.588. The summed E-state index contributed by atoms with van der Waals surface area (Å²) in [6.45, 7) is 7.04. The van der Waals surface area contributed by atoms with Crippen LogP contribution < -0.4 is 11.1 Å². The maximum atomic E-state index is 11.8. The molecule has 3 N–H and O–H groups in total. The van der Waals surface area contributed by atoms with Gasteiger partial charge in [0.1, 0.15) is 6.61 Å². The van der Waals surface area contributed by atoms with Crippen molar-refractivity contribution < 1.29 is 9.53 Å². The first-order valence-corrected chi connectivity index (χ1v) is 7.80. The van der Waals surface area contributed by atoms with E-state index < -0.39 is 0 Å². The number of hydrogen-bond acceptors (Lipinski definition) is 3. The minimum Gasteiger partial charge on any atom is -0.398 e. The number of aryl methyl sites for hydroxylation is 1. The van der Waals surface area contributed by atoms with Crippen molar-refractivity contribution in [3.05, 3.63) is 23.8 Å². The molecule has 0 aliphatic heterocycles. The van der Waals surface area contributed by atoms with Crippen LogP contribution in [-0.4, -0.2) is 19.1 Å². The molecule has 1 amide bonds. The third-order valence-corrected chi connectivity index (χ3v) is 3.69. The predicted octanol–water partition coefficient (Wildman–Crippen LogP) is 3.75. The Hall–Kier alpha value is -1.55. The molecule has 0 saturated carbocycles. The van der Waals surface area contributed by atoms with Crippen LogP contribution in [0.2, 0.25) is 0 Å². The first-order valence-electron chi connectivity index (χ1n) is 7.80. The van der Waals surface area contributed by atoms with Crippen LogP contribution in [0.5, 0.6) is 0 Å². The van der Waals surface area contributed by atoms with Crippen LogP contribution in [0, 0.1) is 12.8 Å². The first-order chi connectivity index (χ1) is 10.1. The highest BCUT2D eigenvalue weighted by Gasteiger charge is 2.08. The van der Waals surface area contributed by atoms with E-state index >= 15 is 0 Å². The van der Waals surface area contributed by atoms with Gasteiger partial charge in [-0.3, -0.25) is 4.79 Å². The van der Waals surface area contributed by atoms with Gasteiger partial charge in [0.15, 0.2) is 0 Å². The van der Waals surface area contributed by atoms with Crippen molar-refractivity contribution in [2.45, 2.75) is 46.5 Å². The molecule has 0 saturated heterocycles. The van der Waals surface area contributed by atoms with Crippen molar-refractivity contribution in [2.24, 2.45) is 5.92 Å². The Morgan fingerprint density at radius 3 is 2.76 bits per heavy atom. The van der Waals surface area contributed by atoms with Crippen molar-refractivity contribution in [2.75, 3.05) is 24.3 Å². The van der Waals surface area contributed by atoms with Crippen LogP contribution in [0.3, 0.4) is 0 Å². The van der Waals surface area contributed by atoms with Gasteiger partial charge in [-0.1, -0.05) is 39.2 Å². The maximum absolute atomic E-state index is 11.8. The molecule has 1 rings (SSSR count). The number of nitrogens with two attached hydrogens (primary N) is 1. The van der Waals surface area contributed by atoms with E-state index in [4.69, 9.17) is 10.5 Å². The molecule has 0 aliphatic carbocycles. The lowest BCUT2D eigenvalue weighted by molar-refractivity contribution is -0.121. The Kier molecular flexibility index (Phi) is 7.83. The molecule has 0 radical (unpaired) electrons. The smallest absolute Gasteiger partial charge is 0.250 e. The number of carbonyl (C=O) groups is 1. The summed E-state index contributed by atoms with van der Waals surface area (Å²) in [6.07, 6.45) is 4.68. The molecule has 21 heavy (non-hydrogen) atoms. The lowest BCUT2D eigenvalue weighted by Gasteiger charge is -2.14. The topological polar surface area (TPSA) is 64.3 Å². The van der Waals surface area contributed by atoms with Crippen LogP contribution in [0.4, 0.5) is 11.4 Å². The predicted molar refractivity (Wildman–Crippen MR) is 88.3 cm³/mol. The van der Waals surface area contributed by atoms with Crippen LogP contribution in [-0.2, 0) is 9.53 Å². The zero-order valence-corrected chi connectivity index (χ0v) is 13.4. The molecule has 4 nitrogen and oxygen atoms in total. The molecule has 0 bridgehead atoms. The van der Waals surface area contributed by atoms with E-state index in [9.17, 15) is 4.79 Å². The molecular weight excluding hydrogens is 264 g/mol. The third kappa shape index (κ3) is 6.63. The minimum atomic E-state index is -0.136. The SMILES string of the molecule is CCCCC(CC)COCC(=O)Nc1ccc(C)c(N)c1. The average molecular weight is 292 g/mol. The van der Waals surface area contributed by atoms with Gasteiger partial charge in [-0.15, -0.1) is 0 Å². The first kappa shape index (κ1) is 17.5. The zero-order chi connectivity index (χ0) is 15.7. The quantitative estimate of drug-likeness (QED) is 0.681. The summed E-state index contributed by atoms with van der Waals surface area (Å²) < 4.78 is 5.53. The second kappa shape index (κ2) is 9.40. The summed E-state index contributed by atoms with van der Waals surface area (Å²) in [5.41, 5.74) is 8.22. The van der Waals surface area contributed by atoms with Crippen LogP contribution in [0.15, 0.2) is 18.2 Å². The van der Waals surface area contributed by atoms with E-state index in [1.54, 1.807) is 6.07 Å². The van der Waals surface area contributed by atoms with E-state index in [2.05, 4.69) is 19.2 Å². The number of nitrogens with one attached hydrogen (secondary N) is 1. The standard InChI is InChI=1S/C17H28N2O2/c1-4-6-7-14(5-2)11-21-12-17(20)19-15-9-8-13(3)16(18)10-15/h8-10,14H,4-7,11-12,18H2,1-3H3,(H,19,20). The van der Waals surface area contributed by atoms with Gasteiger partial charge in [-0.2, -0.15) is 0 Å². The normalized spacial score (nSPS) is 12.1. The Labute approximate surface area is 128 Å². The average Bonchev–Trinajstić information content (AvgIpc) is 2.46. The van der Waals surface area contributed by atoms with E-state index in [1.807, 2.05) is 19.1 Å². The van der Waals surface area contributed by atoms with E-state index in [-0.39, 0.29) is 12.5 Å². The van der Waals surface area contributed by atoms with Gasteiger partial charge in [0.05, 0.1) is 6.61 Å². The number of amides is 1. The molecule has 118 valence electrons. The van der Waals surface area contributed by atoms with Crippen molar-refractivity contribution in [3.8, 4) is 0 Å². The summed E-state index contributed by atoms with van der Waals surface area (Å²) in [5, 5.41) is 2.80. The van der Waals surface area contributed by atoms with Gasteiger partial charge in [0.2, 0.25) is 5.91 Å². The lowest BCUT2D eigenvalue weighted by atomic mass is 10.0. The fourth-order valence-corrected chi connectivity index (χ4v) is 2.13.